The Hall–Kier alpha value is -2.54. The third-order valence-electron chi connectivity index (χ3n) is 1.39. The zero-order valence-corrected chi connectivity index (χ0v) is 6.78. The van der Waals surface area contributed by atoms with E-state index in [4.69, 9.17) is 10.5 Å². The molecule has 0 aliphatic rings. The molecule has 0 unspecified atom stereocenters. The quantitative estimate of drug-likeness (QED) is 0.494. The van der Waals surface area contributed by atoms with E-state index in [0.717, 1.165) is 12.4 Å². The van der Waals surface area contributed by atoms with E-state index in [1.807, 2.05) is 0 Å². The summed E-state index contributed by atoms with van der Waals surface area (Å²) >= 11 is 0. The fourth-order valence-corrected chi connectivity index (χ4v) is 0.719. The Labute approximate surface area is 78.4 Å². The first-order valence-electron chi connectivity index (χ1n) is 3.44. The molecule has 0 aliphatic heterocycles. The van der Waals surface area contributed by atoms with Crippen LogP contribution in [0.4, 0.5) is 5.69 Å². The predicted octanol–water partition coefficient (Wildman–Crippen LogP) is 0.516. The van der Waals surface area contributed by atoms with Crippen LogP contribution in [0, 0.1) is 32.8 Å². The Bertz CT molecular complexity index is 413. The second-order valence-electron chi connectivity index (χ2n) is 2.25. The van der Waals surface area contributed by atoms with Crippen LogP contribution in [0.1, 0.15) is 11.7 Å². The van der Waals surface area contributed by atoms with Gasteiger partial charge in [0.25, 0.3) is 0 Å². The van der Waals surface area contributed by atoms with Crippen molar-refractivity contribution in [3.05, 3.63) is 28.3 Å². The molecule has 7 heteroatoms. The molecule has 0 spiro atoms. The van der Waals surface area contributed by atoms with Gasteiger partial charge in [0.1, 0.15) is 12.4 Å². The number of aromatic nitrogens is 2. The smallest absolute Gasteiger partial charge is 0.258 e. The lowest BCUT2D eigenvalue weighted by Crippen LogP contribution is -2.00. The molecule has 1 rings (SSSR count). The zero-order valence-electron chi connectivity index (χ0n) is 6.78. The number of hydrogen-bond donors (Lipinski definition) is 0. The van der Waals surface area contributed by atoms with Gasteiger partial charge < -0.3 is 0 Å². The Morgan fingerprint density at radius 1 is 1.36 bits per heavy atom. The van der Waals surface area contributed by atoms with E-state index >= 15 is 0 Å². The van der Waals surface area contributed by atoms with Crippen LogP contribution in [0.25, 0.3) is 0 Å². The highest BCUT2D eigenvalue weighted by Gasteiger charge is 2.14. The molecular formula is C7H3N5O2. The molecule has 1 heterocycles. The monoisotopic (exact) mass is 189 g/mol. The van der Waals surface area contributed by atoms with E-state index in [2.05, 4.69) is 9.97 Å². The minimum Gasteiger partial charge on any atom is -0.258 e. The summed E-state index contributed by atoms with van der Waals surface area (Å²) in [4.78, 5) is 16.6. The lowest BCUT2D eigenvalue weighted by Gasteiger charge is -1.96. The Morgan fingerprint density at radius 3 is 2.21 bits per heavy atom. The van der Waals surface area contributed by atoms with Crippen molar-refractivity contribution in [1.29, 1.82) is 10.5 Å². The number of nitro groups is 1. The van der Waals surface area contributed by atoms with Gasteiger partial charge in [-0.1, -0.05) is 0 Å². The van der Waals surface area contributed by atoms with Crippen LogP contribution in [0.5, 0.6) is 0 Å². The molecule has 68 valence electrons. The van der Waals surface area contributed by atoms with Crippen molar-refractivity contribution >= 4 is 5.69 Å². The number of nitriles is 2. The Kier molecular flexibility index (Phi) is 2.67. The van der Waals surface area contributed by atoms with Gasteiger partial charge in [-0.2, -0.15) is 10.5 Å². The Balaban J connectivity index is 3.01. The summed E-state index contributed by atoms with van der Waals surface area (Å²) in [5.41, 5.74) is -0.275. The molecule has 0 aromatic carbocycles. The average molecular weight is 189 g/mol. The maximum atomic E-state index is 10.2. The summed E-state index contributed by atoms with van der Waals surface area (Å²) in [5, 5.41) is 27.2. The van der Waals surface area contributed by atoms with Crippen LogP contribution >= 0.6 is 0 Å². The molecule has 0 saturated carbocycles. The van der Waals surface area contributed by atoms with Gasteiger partial charge >= 0.3 is 5.69 Å². The SMILES string of the molecule is N#CC(C#N)c1ncc([N+](=O)[O-])cn1. The maximum Gasteiger partial charge on any atom is 0.305 e. The van der Waals surface area contributed by atoms with Crippen molar-refractivity contribution in [1.82, 2.24) is 9.97 Å². The highest BCUT2D eigenvalue weighted by atomic mass is 16.6. The highest BCUT2D eigenvalue weighted by molar-refractivity contribution is 5.25. The van der Waals surface area contributed by atoms with Gasteiger partial charge in [0, 0.05) is 0 Å². The summed E-state index contributed by atoms with van der Waals surface area (Å²) in [6, 6.07) is 3.32. The molecular weight excluding hydrogens is 186 g/mol. The predicted molar refractivity (Wildman–Crippen MR) is 42.7 cm³/mol. The first kappa shape index (κ1) is 9.55. The molecule has 0 N–H and O–H groups in total. The van der Waals surface area contributed by atoms with Crippen molar-refractivity contribution in [2.75, 3.05) is 0 Å². The van der Waals surface area contributed by atoms with Crippen LogP contribution in [-0.4, -0.2) is 14.9 Å². The fraction of sp³-hybridized carbons (Fsp3) is 0.143. The largest absolute Gasteiger partial charge is 0.305 e. The van der Waals surface area contributed by atoms with Crippen LogP contribution in [0.2, 0.25) is 0 Å². The highest BCUT2D eigenvalue weighted by Crippen LogP contribution is 2.11. The summed E-state index contributed by atoms with van der Waals surface area (Å²) in [6.07, 6.45) is 1.92. The number of rotatable bonds is 2. The minimum atomic E-state index is -1.09. The second-order valence-corrected chi connectivity index (χ2v) is 2.25. The molecule has 0 bridgehead atoms. The van der Waals surface area contributed by atoms with Gasteiger partial charge in [-0.3, -0.25) is 10.1 Å². The van der Waals surface area contributed by atoms with Gasteiger partial charge in [-0.25, -0.2) is 9.97 Å². The summed E-state index contributed by atoms with van der Waals surface area (Å²) in [6.45, 7) is 0. The van der Waals surface area contributed by atoms with E-state index in [0.29, 0.717) is 0 Å². The molecule has 0 radical (unpaired) electrons. The van der Waals surface area contributed by atoms with Crippen LogP contribution in [-0.2, 0) is 0 Å². The zero-order chi connectivity index (χ0) is 10.6. The lowest BCUT2D eigenvalue weighted by atomic mass is 10.2. The first-order valence-corrected chi connectivity index (χ1v) is 3.44. The first-order chi connectivity index (χ1) is 6.69. The number of hydrogen-bond acceptors (Lipinski definition) is 6. The van der Waals surface area contributed by atoms with Gasteiger partial charge in [0.2, 0.25) is 0 Å². The third-order valence-corrected chi connectivity index (χ3v) is 1.39. The molecule has 0 atom stereocenters. The van der Waals surface area contributed by atoms with Gasteiger partial charge in [0.15, 0.2) is 11.7 Å². The molecule has 0 saturated heterocycles. The van der Waals surface area contributed by atoms with Crippen LogP contribution < -0.4 is 0 Å². The van der Waals surface area contributed by atoms with Gasteiger partial charge in [-0.05, 0) is 0 Å². The van der Waals surface area contributed by atoms with Crippen LogP contribution in [0.3, 0.4) is 0 Å². The standard InChI is InChI=1S/C7H3N5O2/c8-1-5(2-9)7-10-3-6(4-11-7)12(13)14/h3-5H. The molecule has 0 aliphatic carbocycles. The van der Waals surface area contributed by atoms with E-state index < -0.39 is 10.8 Å². The van der Waals surface area contributed by atoms with Crippen molar-refractivity contribution in [3.63, 3.8) is 0 Å². The van der Waals surface area contributed by atoms with Gasteiger partial charge in [0.05, 0.1) is 17.1 Å². The summed E-state index contributed by atoms with van der Waals surface area (Å²) < 4.78 is 0. The van der Waals surface area contributed by atoms with Crippen molar-refractivity contribution in [3.8, 4) is 12.1 Å². The normalized spacial score (nSPS) is 9.07. The van der Waals surface area contributed by atoms with Crippen molar-refractivity contribution in [2.45, 2.75) is 5.92 Å². The maximum absolute atomic E-state index is 10.2. The summed E-state index contributed by atoms with van der Waals surface area (Å²) in [5.74, 6) is -1.11. The van der Waals surface area contributed by atoms with Crippen LogP contribution in [0.15, 0.2) is 12.4 Å². The number of nitrogens with zero attached hydrogens (tertiary/aromatic N) is 5. The van der Waals surface area contributed by atoms with E-state index in [1.54, 1.807) is 12.1 Å². The van der Waals surface area contributed by atoms with E-state index in [9.17, 15) is 10.1 Å². The molecule has 0 fully saturated rings. The molecule has 0 amide bonds. The second kappa shape index (κ2) is 3.92. The average Bonchev–Trinajstić information content (AvgIpc) is 2.20. The fourth-order valence-electron chi connectivity index (χ4n) is 0.719. The van der Waals surface area contributed by atoms with E-state index in [-0.39, 0.29) is 11.5 Å². The summed E-state index contributed by atoms with van der Waals surface area (Å²) in [7, 11) is 0. The van der Waals surface area contributed by atoms with Crippen molar-refractivity contribution < 1.29 is 4.92 Å². The topological polar surface area (TPSA) is 116 Å². The molecule has 1 aromatic rings. The minimum absolute atomic E-state index is 0.0272. The molecule has 14 heavy (non-hydrogen) atoms. The lowest BCUT2D eigenvalue weighted by molar-refractivity contribution is -0.385. The van der Waals surface area contributed by atoms with Gasteiger partial charge in [-0.15, -0.1) is 0 Å². The third kappa shape index (κ3) is 1.79. The molecule has 1 aromatic heterocycles. The van der Waals surface area contributed by atoms with E-state index in [1.165, 1.54) is 0 Å². The molecule has 7 nitrogen and oxygen atoms in total. The van der Waals surface area contributed by atoms with Crippen molar-refractivity contribution in [2.24, 2.45) is 0 Å². The Morgan fingerprint density at radius 2 is 1.86 bits per heavy atom.